The summed E-state index contributed by atoms with van der Waals surface area (Å²) >= 11 is 0. The van der Waals surface area contributed by atoms with Crippen molar-refractivity contribution in [2.24, 2.45) is 0 Å². The average Bonchev–Trinajstić information content (AvgIpc) is 2.98. The Balaban J connectivity index is 1.69. The Hall–Kier alpha value is -2.37. The molecule has 1 fully saturated rings. The summed E-state index contributed by atoms with van der Waals surface area (Å²) in [6, 6.07) is 6.40. The highest BCUT2D eigenvalue weighted by molar-refractivity contribution is 5.82. The first-order valence-electron chi connectivity index (χ1n) is 8.01. The summed E-state index contributed by atoms with van der Waals surface area (Å²) in [7, 11) is 0. The standard InChI is InChI=1S/C17H22N4O2/c1-13(2)21-11-18-15-9-14(3-4-16(15)21)10-17(23)20-7-5-19(12-22)6-8-20/h3-4,9,11-13H,5-8,10H2,1-2H3. The van der Waals surface area contributed by atoms with Crippen LogP contribution >= 0.6 is 0 Å². The lowest BCUT2D eigenvalue weighted by molar-refractivity contribution is -0.134. The maximum Gasteiger partial charge on any atom is 0.227 e. The van der Waals surface area contributed by atoms with Crippen LogP contribution in [0.4, 0.5) is 0 Å². The minimum Gasteiger partial charge on any atom is -0.342 e. The predicted molar refractivity (Wildman–Crippen MR) is 88.0 cm³/mol. The van der Waals surface area contributed by atoms with Gasteiger partial charge in [-0.1, -0.05) is 6.07 Å². The van der Waals surface area contributed by atoms with E-state index in [1.165, 1.54) is 0 Å². The molecular weight excluding hydrogens is 292 g/mol. The molecule has 1 aromatic heterocycles. The van der Waals surface area contributed by atoms with E-state index in [4.69, 9.17) is 0 Å². The van der Waals surface area contributed by atoms with Gasteiger partial charge in [0.1, 0.15) is 0 Å². The molecule has 23 heavy (non-hydrogen) atoms. The summed E-state index contributed by atoms with van der Waals surface area (Å²) in [5.41, 5.74) is 3.00. The minimum absolute atomic E-state index is 0.109. The van der Waals surface area contributed by atoms with Crippen molar-refractivity contribution in [2.75, 3.05) is 26.2 Å². The number of piperazine rings is 1. The summed E-state index contributed by atoms with van der Waals surface area (Å²) in [6.45, 7) is 6.71. The molecule has 1 aliphatic heterocycles. The third-order valence-corrected chi connectivity index (χ3v) is 4.37. The Labute approximate surface area is 135 Å². The Bertz CT molecular complexity index is 714. The van der Waals surface area contributed by atoms with E-state index in [1.807, 2.05) is 29.4 Å². The van der Waals surface area contributed by atoms with Crippen LogP contribution in [-0.4, -0.2) is 57.8 Å². The first-order valence-corrected chi connectivity index (χ1v) is 8.01. The van der Waals surface area contributed by atoms with E-state index < -0.39 is 0 Å². The maximum atomic E-state index is 12.4. The number of hydrogen-bond donors (Lipinski definition) is 0. The molecule has 6 nitrogen and oxygen atoms in total. The molecule has 6 heteroatoms. The van der Waals surface area contributed by atoms with E-state index in [2.05, 4.69) is 23.4 Å². The van der Waals surface area contributed by atoms with Crippen molar-refractivity contribution >= 4 is 23.4 Å². The van der Waals surface area contributed by atoms with Crippen LogP contribution < -0.4 is 0 Å². The van der Waals surface area contributed by atoms with Crippen molar-refractivity contribution < 1.29 is 9.59 Å². The zero-order chi connectivity index (χ0) is 16.4. The number of fused-ring (bicyclic) bond motifs is 1. The molecule has 2 aromatic rings. The first-order chi connectivity index (χ1) is 11.1. The van der Waals surface area contributed by atoms with Crippen molar-refractivity contribution in [2.45, 2.75) is 26.3 Å². The van der Waals surface area contributed by atoms with Crippen LogP contribution in [0.25, 0.3) is 11.0 Å². The zero-order valence-electron chi connectivity index (χ0n) is 13.6. The summed E-state index contributed by atoms with van der Waals surface area (Å²) in [4.78, 5) is 31.1. The Kier molecular flexibility index (Phi) is 4.32. The minimum atomic E-state index is 0.109. The topological polar surface area (TPSA) is 58.4 Å². The van der Waals surface area contributed by atoms with Gasteiger partial charge < -0.3 is 14.4 Å². The van der Waals surface area contributed by atoms with E-state index in [1.54, 1.807) is 4.90 Å². The number of aromatic nitrogens is 2. The lowest BCUT2D eigenvalue weighted by Gasteiger charge is -2.32. The van der Waals surface area contributed by atoms with Gasteiger partial charge in [0.25, 0.3) is 0 Å². The molecule has 0 bridgehead atoms. The van der Waals surface area contributed by atoms with E-state index >= 15 is 0 Å². The molecule has 0 radical (unpaired) electrons. The second kappa shape index (κ2) is 6.40. The van der Waals surface area contributed by atoms with Crippen molar-refractivity contribution in [3.8, 4) is 0 Å². The maximum absolute atomic E-state index is 12.4. The molecule has 2 amide bonds. The number of benzene rings is 1. The number of amides is 2. The van der Waals surface area contributed by atoms with Gasteiger partial charge in [-0.05, 0) is 31.5 Å². The summed E-state index contributed by atoms with van der Waals surface area (Å²) in [5.74, 6) is 0.109. The monoisotopic (exact) mass is 314 g/mol. The van der Waals surface area contributed by atoms with Crippen LogP contribution in [0.1, 0.15) is 25.5 Å². The molecule has 1 aromatic carbocycles. The van der Waals surface area contributed by atoms with Gasteiger partial charge in [-0.15, -0.1) is 0 Å². The van der Waals surface area contributed by atoms with Gasteiger partial charge in [0.15, 0.2) is 0 Å². The van der Waals surface area contributed by atoms with E-state index in [-0.39, 0.29) is 5.91 Å². The van der Waals surface area contributed by atoms with Crippen LogP contribution in [0.15, 0.2) is 24.5 Å². The molecule has 1 saturated heterocycles. The van der Waals surface area contributed by atoms with Gasteiger partial charge in [0.05, 0.1) is 23.8 Å². The first kappa shape index (κ1) is 15.5. The lowest BCUT2D eigenvalue weighted by Crippen LogP contribution is -2.48. The van der Waals surface area contributed by atoms with Crippen LogP contribution in [-0.2, 0) is 16.0 Å². The molecule has 0 aliphatic carbocycles. The van der Waals surface area contributed by atoms with Gasteiger partial charge in [0, 0.05) is 32.2 Å². The summed E-state index contributed by atoms with van der Waals surface area (Å²) in [6.07, 6.45) is 3.08. The molecule has 3 rings (SSSR count). The third-order valence-electron chi connectivity index (χ3n) is 4.37. The third kappa shape index (κ3) is 3.21. The molecule has 0 saturated carbocycles. The molecule has 0 atom stereocenters. The van der Waals surface area contributed by atoms with Crippen LogP contribution in [0.2, 0.25) is 0 Å². The molecule has 122 valence electrons. The largest absolute Gasteiger partial charge is 0.342 e. The highest BCUT2D eigenvalue weighted by Crippen LogP contribution is 2.19. The Morgan fingerprint density at radius 2 is 2.00 bits per heavy atom. The summed E-state index contributed by atoms with van der Waals surface area (Å²) < 4.78 is 2.12. The molecule has 0 spiro atoms. The quantitative estimate of drug-likeness (QED) is 0.803. The second-order valence-corrected chi connectivity index (χ2v) is 6.27. The Morgan fingerprint density at radius 1 is 1.26 bits per heavy atom. The predicted octanol–water partition coefficient (Wildman–Crippen LogP) is 1.46. The van der Waals surface area contributed by atoms with Gasteiger partial charge in [-0.2, -0.15) is 0 Å². The van der Waals surface area contributed by atoms with E-state index in [0.717, 1.165) is 23.0 Å². The average molecular weight is 314 g/mol. The van der Waals surface area contributed by atoms with Crippen molar-refractivity contribution in [3.05, 3.63) is 30.1 Å². The van der Waals surface area contributed by atoms with Crippen molar-refractivity contribution in [1.29, 1.82) is 0 Å². The number of rotatable bonds is 4. The van der Waals surface area contributed by atoms with Gasteiger partial charge in [-0.25, -0.2) is 4.98 Å². The smallest absolute Gasteiger partial charge is 0.227 e. The van der Waals surface area contributed by atoms with Crippen molar-refractivity contribution in [1.82, 2.24) is 19.4 Å². The fraction of sp³-hybridized carbons (Fsp3) is 0.471. The van der Waals surface area contributed by atoms with Gasteiger partial charge >= 0.3 is 0 Å². The van der Waals surface area contributed by atoms with Gasteiger partial charge in [-0.3, -0.25) is 9.59 Å². The fourth-order valence-corrected chi connectivity index (χ4v) is 2.96. The number of imidazole rings is 1. The van der Waals surface area contributed by atoms with Gasteiger partial charge in [0.2, 0.25) is 12.3 Å². The molecule has 0 unspecified atom stereocenters. The molecule has 1 aliphatic rings. The fourth-order valence-electron chi connectivity index (χ4n) is 2.96. The number of carbonyl (C=O) groups is 2. The molecule has 0 N–H and O–H groups in total. The van der Waals surface area contributed by atoms with E-state index in [9.17, 15) is 9.59 Å². The van der Waals surface area contributed by atoms with E-state index in [0.29, 0.717) is 38.6 Å². The second-order valence-electron chi connectivity index (χ2n) is 6.27. The number of hydrogen-bond acceptors (Lipinski definition) is 3. The Morgan fingerprint density at radius 3 is 2.65 bits per heavy atom. The molecular formula is C17H22N4O2. The molecule has 2 heterocycles. The highest BCUT2D eigenvalue weighted by Gasteiger charge is 2.20. The normalized spacial score (nSPS) is 15.4. The SMILES string of the molecule is CC(C)n1cnc2cc(CC(=O)N3CCN(C=O)CC3)ccc21. The number of carbonyl (C=O) groups excluding carboxylic acids is 2. The lowest BCUT2D eigenvalue weighted by atomic mass is 10.1. The van der Waals surface area contributed by atoms with Crippen LogP contribution in [0.5, 0.6) is 0 Å². The van der Waals surface area contributed by atoms with Crippen molar-refractivity contribution in [3.63, 3.8) is 0 Å². The zero-order valence-corrected chi connectivity index (χ0v) is 13.6. The summed E-state index contributed by atoms with van der Waals surface area (Å²) in [5, 5.41) is 0. The highest BCUT2D eigenvalue weighted by atomic mass is 16.2. The van der Waals surface area contributed by atoms with Crippen LogP contribution in [0, 0.1) is 0 Å². The number of nitrogens with zero attached hydrogens (tertiary/aromatic N) is 4. The van der Waals surface area contributed by atoms with Crippen LogP contribution in [0.3, 0.4) is 0 Å².